The smallest absolute Gasteiger partial charge is 0.114 e. The van der Waals surface area contributed by atoms with E-state index in [-0.39, 0.29) is 18.8 Å². The average Bonchev–Trinajstić information content (AvgIpc) is 2.60. The first-order valence-electron chi connectivity index (χ1n) is 5.20. The van der Waals surface area contributed by atoms with Gasteiger partial charge in [0, 0.05) is 12.7 Å². The normalized spacial score (nSPS) is 19.5. The van der Waals surface area contributed by atoms with E-state index in [2.05, 4.69) is 4.94 Å². The van der Waals surface area contributed by atoms with E-state index < -0.39 is 0 Å². The van der Waals surface area contributed by atoms with Crippen LogP contribution in [0.2, 0.25) is 0 Å². The first kappa shape index (κ1) is 16.2. The summed E-state index contributed by atoms with van der Waals surface area (Å²) < 4.78 is 16.1. The van der Waals surface area contributed by atoms with Gasteiger partial charge in [-0.05, 0) is 31.2 Å². The molecule has 1 N–H and O–H groups in total. The molecule has 0 bridgehead atoms. The number of hydrogen-bond donors (Lipinski definition) is 1. The summed E-state index contributed by atoms with van der Waals surface area (Å²) in [5, 5.41) is 8.06. The van der Waals surface area contributed by atoms with Crippen molar-refractivity contribution in [3.63, 3.8) is 0 Å². The van der Waals surface area contributed by atoms with E-state index in [0.717, 1.165) is 19.4 Å². The molecule has 1 heterocycles. The number of aliphatic hydroxyl groups excluding tert-OH is 1. The summed E-state index contributed by atoms with van der Waals surface area (Å²) in [6, 6.07) is 0. The maximum atomic E-state index is 11.1. The SMILES string of the molecule is CC.CC(C)O.FOCC1CCCO1. The Bertz CT molecular complexity index is 90.6. The lowest BCUT2D eigenvalue weighted by Gasteiger charge is -2.02. The highest BCUT2D eigenvalue weighted by Crippen LogP contribution is 2.11. The fraction of sp³-hybridized carbons (Fsp3) is 1.00. The molecule has 1 atom stereocenters. The Kier molecular flexibility index (Phi) is 14.9. The average molecular weight is 210 g/mol. The van der Waals surface area contributed by atoms with E-state index in [9.17, 15) is 4.53 Å². The van der Waals surface area contributed by atoms with E-state index in [1.807, 2.05) is 13.8 Å². The molecule has 3 nitrogen and oxygen atoms in total. The Hall–Kier alpha value is -0.190. The molecule has 4 heteroatoms. The van der Waals surface area contributed by atoms with Gasteiger partial charge in [0.1, 0.15) is 6.61 Å². The minimum absolute atomic E-state index is 0.0139. The molecule has 0 aromatic carbocycles. The highest BCUT2D eigenvalue weighted by molar-refractivity contribution is 4.62. The first-order chi connectivity index (χ1) is 6.66. The predicted octanol–water partition coefficient (Wildman–Crippen LogP) is 2.48. The summed E-state index contributed by atoms with van der Waals surface area (Å²) in [4.78, 5) is 3.40. The molecule has 1 fully saturated rings. The van der Waals surface area contributed by atoms with Gasteiger partial charge in [-0.25, -0.2) is 0 Å². The molecule has 14 heavy (non-hydrogen) atoms. The number of hydrogen-bond acceptors (Lipinski definition) is 3. The number of halogens is 1. The number of rotatable bonds is 2. The van der Waals surface area contributed by atoms with Crippen molar-refractivity contribution in [2.24, 2.45) is 0 Å². The van der Waals surface area contributed by atoms with Crippen LogP contribution >= 0.6 is 0 Å². The van der Waals surface area contributed by atoms with Gasteiger partial charge in [-0.1, -0.05) is 13.8 Å². The third-order valence-electron chi connectivity index (χ3n) is 1.27. The zero-order valence-electron chi connectivity index (χ0n) is 9.62. The standard InChI is InChI=1S/C5H9FO2.C3H8O.C2H6/c6-8-4-5-2-1-3-7-5;1-3(2)4;1-2/h5H,1-4H2;3-4H,1-2H3;1-2H3. The molecule has 1 aliphatic heterocycles. The maximum Gasteiger partial charge on any atom is 0.114 e. The van der Waals surface area contributed by atoms with Gasteiger partial charge >= 0.3 is 0 Å². The third kappa shape index (κ3) is 14.3. The molecule has 1 saturated heterocycles. The second kappa shape index (κ2) is 12.8. The van der Waals surface area contributed by atoms with Crippen LogP contribution in [-0.2, 0) is 9.68 Å². The summed E-state index contributed by atoms with van der Waals surface area (Å²) in [5.74, 6) is 0. The lowest BCUT2D eigenvalue weighted by Crippen LogP contribution is -2.10. The minimum Gasteiger partial charge on any atom is -0.394 e. The molecular weight excluding hydrogens is 187 g/mol. The van der Waals surface area contributed by atoms with Gasteiger partial charge in [0.25, 0.3) is 0 Å². The molecule has 0 spiro atoms. The van der Waals surface area contributed by atoms with Crippen molar-refractivity contribution < 1.29 is 19.3 Å². The summed E-state index contributed by atoms with van der Waals surface area (Å²) >= 11 is 0. The van der Waals surface area contributed by atoms with Crippen molar-refractivity contribution in [1.82, 2.24) is 0 Å². The third-order valence-corrected chi connectivity index (χ3v) is 1.27. The summed E-state index contributed by atoms with van der Waals surface area (Å²) in [5.41, 5.74) is 0. The quantitative estimate of drug-likeness (QED) is 0.761. The zero-order valence-corrected chi connectivity index (χ0v) is 9.62. The van der Waals surface area contributed by atoms with Crippen LogP contribution < -0.4 is 0 Å². The Balaban J connectivity index is 0. The van der Waals surface area contributed by atoms with E-state index in [4.69, 9.17) is 9.84 Å². The molecule has 0 amide bonds. The van der Waals surface area contributed by atoms with Gasteiger partial charge in [-0.2, -0.15) is 4.94 Å². The van der Waals surface area contributed by atoms with E-state index >= 15 is 0 Å². The van der Waals surface area contributed by atoms with Crippen LogP contribution in [0.1, 0.15) is 40.5 Å². The Morgan fingerprint density at radius 1 is 1.50 bits per heavy atom. The van der Waals surface area contributed by atoms with Crippen molar-refractivity contribution in [3.8, 4) is 0 Å². The Labute approximate surface area is 86.1 Å². The molecular formula is C10H23FO3. The van der Waals surface area contributed by atoms with Gasteiger partial charge in [-0.15, -0.1) is 0 Å². The molecule has 0 aliphatic carbocycles. The van der Waals surface area contributed by atoms with E-state index in [0.29, 0.717) is 0 Å². The topological polar surface area (TPSA) is 38.7 Å². The van der Waals surface area contributed by atoms with Crippen LogP contribution in [0.5, 0.6) is 0 Å². The molecule has 0 aromatic rings. The van der Waals surface area contributed by atoms with Crippen LogP contribution in [-0.4, -0.2) is 30.5 Å². The van der Waals surface area contributed by atoms with Crippen LogP contribution in [0.15, 0.2) is 0 Å². The van der Waals surface area contributed by atoms with Gasteiger partial charge in [0.05, 0.1) is 6.10 Å². The molecule has 0 radical (unpaired) electrons. The van der Waals surface area contributed by atoms with Crippen LogP contribution in [0.4, 0.5) is 4.53 Å². The van der Waals surface area contributed by atoms with E-state index in [1.54, 1.807) is 13.8 Å². The Morgan fingerprint density at radius 2 is 2.00 bits per heavy atom. The van der Waals surface area contributed by atoms with Crippen molar-refractivity contribution in [1.29, 1.82) is 0 Å². The van der Waals surface area contributed by atoms with Gasteiger partial charge in [0.2, 0.25) is 0 Å². The fourth-order valence-corrected chi connectivity index (χ4v) is 0.846. The summed E-state index contributed by atoms with van der Waals surface area (Å²) in [6.45, 7) is 8.30. The molecule has 1 aliphatic rings. The first-order valence-corrected chi connectivity index (χ1v) is 5.20. The summed E-state index contributed by atoms with van der Waals surface area (Å²) in [7, 11) is 0. The number of aliphatic hydroxyl groups is 1. The highest BCUT2D eigenvalue weighted by atomic mass is 19.3. The highest BCUT2D eigenvalue weighted by Gasteiger charge is 2.14. The fourth-order valence-electron chi connectivity index (χ4n) is 0.846. The molecule has 1 rings (SSSR count). The zero-order chi connectivity index (χ0) is 11.4. The van der Waals surface area contributed by atoms with Crippen molar-refractivity contribution in [2.75, 3.05) is 13.2 Å². The Morgan fingerprint density at radius 3 is 2.29 bits per heavy atom. The second-order valence-corrected chi connectivity index (χ2v) is 3.00. The predicted molar refractivity (Wildman–Crippen MR) is 54.7 cm³/mol. The molecule has 88 valence electrons. The maximum absolute atomic E-state index is 11.1. The van der Waals surface area contributed by atoms with Crippen molar-refractivity contribution >= 4 is 0 Å². The largest absolute Gasteiger partial charge is 0.394 e. The van der Waals surface area contributed by atoms with Crippen LogP contribution in [0, 0.1) is 0 Å². The molecule has 0 aromatic heterocycles. The van der Waals surface area contributed by atoms with Crippen LogP contribution in [0.25, 0.3) is 0 Å². The van der Waals surface area contributed by atoms with E-state index in [1.165, 1.54) is 0 Å². The molecule has 1 unspecified atom stereocenters. The lowest BCUT2D eigenvalue weighted by molar-refractivity contribution is -0.158. The monoisotopic (exact) mass is 210 g/mol. The van der Waals surface area contributed by atoms with Crippen molar-refractivity contribution in [3.05, 3.63) is 0 Å². The van der Waals surface area contributed by atoms with Crippen molar-refractivity contribution in [2.45, 2.75) is 52.7 Å². The second-order valence-electron chi connectivity index (χ2n) is 3.00. The minimum atomic E-state index is -0.167. The van der Waals surface area contributed by atoms with Crippen LogP contribution in [0.3, 0.4) is 0 Å². The molecule has 0 saturated carbocycles. The number of ether oxygens (including phenoxy) is 1. The van der Waals surface area contributed by atoms with Gasteiger partial charge in [0.15, 0.2) is 0 Å². The van der Waals surface area contributed by atoms with Gasteiger partial charge < -0.3 is 9.84 Å². The van der Waals surface area contributed by atoms with Gasteiger partial charge in [-0.3, -0.25) is 0 Å². The summed E-state index contributed by atoms with van der Waals surface area (Å²) in [6.07, 6.45) is 1.82. The lowest BCUT2D eigenvalue weighted by atomic mass is 10.2.